The first kappa shape index (κ1) is 13.7. The molecule has 0 aromatic heterocycles. The Morgan fingerprint density at radius 1 is 0.689 bits per heavy atom. The fourth-order valence-corrected chi connectivity index (χ4v) is 6.05. The quantitative estimate of drug-likeness (QED) is 0.142. The molecule has 0 saturated carbocycles. The van der Waals surface area contributed by atoms with Gasteiger partial charge in [0, 0.05) is 5.56 Å². The molecule has 2 atom stereocenters. The summed E-state index contributed by atoms with van der Waals surface area (Å²) in [5, 5.41) is -1.19. The Kier molecular flexibility index (Phi) is 3.43. The summed E-state index contributed by atoms with van der Waals surface area (Å²) >= 11 is 0. The van der Waals surface area contributed by atoms with Crippen LogP contribution >= 0.6 is 0 Å². The molecule has 0 saturated heterocycles. The summed E-state index contributed by atoms with van der Waals surface area (Å²) in [5.74, 6) is -1.77. The molecule has 0 N–H and O–H groups in total. The maximum atomic E-state index is 10.0. The van der Waals surface area contributed by atoms with Gasteiger partial charge in [-0.3, -0.25) is 0 Å². The zero-order chi connectivity index (χ0) is 46.9. The fraction of sp³-hybridized carbons (Fsp3) is 0.0909. The Morgan fingerprint density at radius 2 is 1.31 bits per heavy atom. The number of allylic oxidation sites excluding steroid dienone is 6. The summed E-state index contributed by atoms with van der Waals surface area (Å²) in [7, 11) is 0. The van der Waals surface area contributed by atoms with Gasteiger partial charge in [-0.05, 0) is 104 Å². The van der Waals surface area contributed by atoms with Crippen molar-refractivity contribution in [2.45, 2.75) is 25.9 Å². The molecule has 0 bridgehead atoms. The van der Waals surface area contributed by atoms with E-state index in [4.69, 9.17) is 22.6 Å². The molecule has 0 amide bonds. The molecule has 1 aliphatic heterocycles. The van der Waals surface area contributed by atoms with Crippen LogP contribution in [0.3, 0.4) is 0 Å². The van der Waals surface area contributed by atoms with Crippen molar-refractivity contribution in [3.8, 4) is 28.0 Å². The lowest BCUT2D eigenvalue weighted by Crippen LogP contribution is -2.21. The topological polar surface area (TPSA) is 9.23 Å². The van der Waals surface area contributed by atoms with Gasteiger partial charge in [0.05, 0.1) is 32.0 Å². The molecule has 0 radical (unpaired) electrons. The van der Waals surface area contributed by atoms with Crippen LogP contribution < -0.4 is 4.74 Å². The average Bonchev–Trinajstić information content (AvgIpc) is 3.68. The van der Waals surface area contributed by atoms with Crippen LogP contribution in [0.25, 0.3) is 49.4 Å². The normalized spacial score (nSPS) is 24.0. The lowest BCUT2D eigenvalue weighted by atomic mass is 9.75. The summed E-state index contributed by atoms with van der Waals surface area (Å²) < 4.78 is 177. The molecule has 1 nitrogen and oxygen atoms in total. The number of ether oxygens (including phenoxy) is 1. The van der Waals surface area contributed by atoms with Gasteiger partial charge in [-0.1, -0.05) is 133 Å². The summed E-state index contributed by atoms with van der Waals surface area (Å²) in [6.07, 6.45) is 3.45. The van der Waals surface area contributed by atoms with Crippen molar-refractivity contribution >= 4 is 27.1 Å². The van der Waals surface area contributed by atoms with Gasteiger partial charge < -0.3 is 4.74 Å². The van der Waals surface area contributed by atoms with Crippen LogP contribution in [-0.2, 0) is 0 Å². The monoisotopic (exact) mass is 597 g/mol. The number of para-hydroxylation sites is 1. The average molecular weight is 598 g/mol. The number of rotatable bonds is 5. The van der Waals surface area contributed by atoms with Gasteiger partial charge in [-0.25, -0.2) is 0 Å². The van der Waals surface area contributed by atoms with Crippen LogP contribution in [0.2, 0.25) is 0 Å². The number of benzene rings is 6. The fourth-order valence-electron chi connectivity index (χ4n) is 6.05. The molecule has 2 aliphatic rings. The van der Waals surface area contributed by atoms with Crippen LogP contribution in [-0.4, -0.2) is 6.10 Å². The largest absolute Gasteiger partial charge is 0.485 e. The van der Waals surface area contributed by atoms with Crippen molar-refractivity contribution < 1.29 is 30.8 Å². The maximum absolute atomic E-state index is 10.0. The van der Waals surface area contributed by atoms with Crippen LogP contribution in [0, 0.1) is 0 Å². The second kappa shape index (κ2) is 11.3. The highest BCUT2D eigenvalue weighted by Crippen LogP contribution is 2.53. The van der Waals surface area contributed by atoms with Crippen LogP contribution in [0.4, 0.5) is 0 Å². The van der Waals surface area contributed by atoms with Gasteiger partial charge in [0.15, 0.2) is 0 Å². The lowest BCUT2D eigenvalue weighted by molar-refractivity contribution is 0.271. The third-order valence-electron chi connectivity index (χ3n) is 7.93. The van der Waals surface area contributed by atoms with Gasteiger partial charge in [-0.2, -0.15) is 0 Å². The van der Waals surface area contributed by atoms with E-state index in [1.165, 1.54) is 24.3 Å². The predicted octanol–water partition coefficient (Wildman–Crippen LogP) is 11.7. The van der Waals surface area contributed by atoms with E-state index in [1.807, 2.05) is 0 Å². The Balaban J connectivity index is 1.66. The van der Waals surface area contributed by atoms with E-state index in [-0.39, 0.29) is 77.9 Å². The van der Waals surface area contributed by atoms with Crippen molar-refractivity contribution in [1.82, 2.24) is 0 Å². The van der Waals surface area contributed by atoms with E-state index in [2.05, 4.69) is 0 Å². The van der Waals surface area contributed by atoms with E-state index in [0.717, 1.165) is 0 Å². The van der Waals surface area contributed by atoms with Crippen molar-refractivity contribution in [2.24, 2.45) is 0 Å². The first-order valence-electron chi connectivity index (χ1n) is 23.8. The summed E-state index contributed by atoms with van der Waals surface area (Å²) in [5.41, 5.74) is -0.490. The maximum Gasteiger partial charge on any atom is 0.129 e. The van der Waals surface area contributed by atoms with E-state index < -0.39 is 121 Å². The Morgan fingerprint density at radius 3 is 2.00 bits per heavy atom. The first-order chi connectivity index (χ1) is 30.1. The number of hydrogen-bond acceptors (Lipinski definition) is 1. The molecule has 8 rings (SSSR count). The minimum Gasteiger partial charge on any atom is -0.485 e. The minimum atomic E-state index is -1.45. The minimum absolute atomic E-state index is 0.0294. The second-order valence-electron chi connectivity index (χ2n) is 10.4. The van der Waals surface area contributed by atoms with Crippen LogP contribution in [0.1, 0.15) is 56.9 Å². The van der Waals surface area contributed by atoms with E-state index in [0.29, 0.717) is 5.57 Å². The van der Waals surface area contributed by atoms with E-state index in [9.17, 15) is 8.22 Å². The molecule has 2 unspecified atom stereocenters. The standard InChI is InChI=1S/C44H34O/c1-3-15-29(4-2)33-27-39(44-38-24-12-13-25-40(38)45-41(44)28-33)43-36-22-10-8-20-34(36)42(35-21-9-11-23-37(35)43)32-19-14-18-31(26-32)30-16-6-5-7-17-30/h3-28,41,44H,1-2H3/b15-3-,29-4+/i5D,6D,7D,8D,9D,10D,11D,12D,13D,16D,17D,20D,21D,22D,23D,24D,25D,27D,28D. The van der Waals surface area contributed by atoms with Crippen LogP contribution in [0.5, 0.6) is 5.75 Å². The molecule has 6 aromatic carbocycles. The number of fused-ring (bicyclic) bond motifs is 5. The van der Waals surface area contributed by atoms with Gasteiger partial charge >= 0.3 is 0 Å². The van der Waals surface area contributed by atoms with Crippen LogP contribution in [0.15, 0.2) is 168 Å². The summed E-state index contributed by atoms with van der Waals surface area (Å²) in [6.45, 7) is 3.37. The zero-order valence-electron chi connectivity index (χ0n) is 43.1. The van der Waals surface area contributed by atoms with E-state index >= 15 is 0 Å². The van der Waals surface area contributed by atoms with Gasteiger partial charge in [0.2, 0.25) is 0 Å². The van der Waals surface area contributed by atoms with Gasteiger partial charge in [-0.15, -0.1) is 0 Å². The van der Waals surface area contributed by atoms with Crippen molar-refractivity contribution in [3.05, 3.63) is 180 Å². The lowest BCUT2D eigenvalue weighted by Gasteiger charge is -2.28. The molecule has 0 spiro atoms. The third-order valence-corrected chi connectivity index (χ3v) is 7.93. The Hall–Kier alpha value is -5.40. The second-order valence-corrected chi connectivity index (χ2v) is 10.4. The first-order valence-corrected chi connectivity index (χ1v) is 14.3. The summed E-state index contributed by atoms with van der Waals surface area (Å²) in [4.78, 5) is 0. The molecule has 1 aliphatic carbocycles. The van der Waals surface area contributed by atoms with Gasteiger partial charge in [0.25, 0.3) is 0 Å². The highest BCUT2D eigenvalue weighted by Gasteiger charge is 2.39. The van der Waals surface area contributed by atoms with Crippen molar-refractivity contribution in [2.75, 3.05) is 0 Å². The molecule has 1 heteroatoms. The highest BCUT2D eigenvalue weighted by molar-refractivity contribution is 6.19. The smallest absolute Gasteiger partial charge is 0.129 e. The Labute approximate surface area is 291 Å². The molecule has 0 fully saturated rings. The predicted molar refractivity (Wildman–Crippen MR) is 191 cm³/mol. The van der Waals surface area contributed by atoms with E-state index in [1.54, 1.807) is 32.1 Å². The van der Waals surface area contributed by atoms with Gasteiger partial charge in [0.1, 0.15) is 11.9 Å². The molecule has 1 heterocycles. The molecule has 216 valence electrons. The molecule has 6 aromatic rings. The molecular formula is C44H34O. The SMILES string of the molecule is [2H]C1=C(c2c3c([2H])c([2H])c([2H])c([2H])c3c(-c3cccc(-c4c([2H])c([2H])c([2H])c([2H])c4[2H])c3)c3c([2H])c([2H])c([2H])c([2H])c23)C2c3c([2H])c([2H])c([2H])c([2H])c3OC2C([2H])=C1C(/C=C\C)=C/C. The zero-order valence-corrected chi connectivity index (χ0v) is 24.1. The van der Waals surface area contributed by atoms with Crippen molar-refractivity contribution in [3.63, 3.8) is 0 Å². The third kappa shape index (κ3) is 4.55. The van der Waals surface area contributed by atoms with Crippen molar-refractivity contribution in [1.29, 1.82) is 0 Å². The molecule has 45 heavy (non-hydrogen) atoms. The highest BCUT2D eigenvalue weighted by atomic mass is 16.5. The summed E-state index contributed by atoms with van der Waals surface area (Å²) in [6, 6.07) is -5.87. The number of hydrogen-bond donors (Lipinski definition) is 0. The molecular weight excluding hydrogens is 544 g/mol. The Bertz CT molecular complexity index is 3160.